The summed E-state index contributed by atoms with van der Waals surface area (Å²) in [4.78, 5) is 26.0. The molecule has 0 aromatic heterocycles. The molecule has 6 heteroatoms. The quantitative estimate of drug-likeness (QED) is 0.601. The van der Waals surface area contributed by atoms with Crippen molar-refractivity contribution in [2.75, 3.05) is 6.54 Å². The van der Waals surface area contributed by atoms with E-state index in [0.29, 0.717) is 18.2 Å². The van der Waals surface area contributed by atoms with Gasteiger partial charge in [-0.25, -0.2) is 0 Å². The second-order valence-electron chi connectivity index (χ2n) is 7.49. The summed E-state index contributed by atoms with van der Waals surface area (Å²) in [6, 6.07) is 13.5. The zero-order valence-corrected chi connectivity index (χ0v) is 16.5. The van der Waals surface area contributed by atoms with E-state index in [1.165, 1.54) is 30.9 Å². The number of carbonyl (C=O) groups is 1. The summed E-state index contributed by atoms with van der Waals surface area (Å²) >= 11 is 0. The summed E-state index contributed by atoms with van der Waals surface area (Å²) in [6.45, 7) is 6.21. The van der Waals surface area contributed by atoms with Crippen molar-refractivity contribution in [3.8, 4) is 0 Å². The first-order valence-corrected chi connectivity index (χ1v) is 9.80. The Hall–Kier alpha value is -2.73. The number of nitrogens with one attached hydrogen (secondary N) is 1. The molecule has 3 rings (SSSR count). The van der Waals surface area contributed by atoms with Crippen LogP contribution in [0.1, 0.15) is 53.2 Å². The molecule has 28 heavy (non-hydrogen) atoms. The Bertz CT molecular complexity index is 866. The van der Waals surface area contributed by atoms with E-state index in [2.05, 4.69) is 23.2 Å². The van der Waals surface area contributed by atoms with Gasteiger partial charge in [-0.3, -0.25) is 19.8 Å². The second-order valence-corrected chi connectivity index (χ2v) is 7.49. The van der Waals surface area contributed by atoms with Crippen LogP contribution in [0.15, 0.2) is 42.5 Å². The molecule has 1 saturated heterocycles. The van der Waals surface area contributed by atoms with Gasteiger partial charge < -0.3 is 5.32 Å². The Labute approximate surface area is 165 Å². The number of rotatable bonds is 6. The van der Waals surface area contributed by atoms with E-state index in [4.69, 9.17) is 0 Å². The van der Waals surface area contributed by atoms with Crippen LogP contribution < -0.4 is 5.32 Å². The van der Waals surface area contributed by atoms with E-state index in [0.717, 1.165) is 18.7 Å². The first-order chi connectivity index (χ1) is 13.5. The van der Waals surface area contributed by atoms with Gasteiger partial charge in [-0.15, -0.1) is 0 Å². The van der Waals surface area contributed by atoms with E-state index in [9.17, 15) is 14.9 Å². The zero-order valence-electron chi connectivity index (χ0n) is 16.5. The highest BCUT2D eigenvalue weighted by Gasteiger charge is 2.23. The summed E-state index contributed by atoms with van der Waals surface area (Å²) in [5, 5.41) is 14.2. The predicted molar refractivity (Wildman–Crippen MR) is 109 cm³/mol. The van der Waals surface area contributed by atoms with E-state index in [1.807, 2.05) is 18.2 Å². The van der Waals surface area contributed by atoms with Gasteiger partial charge in [-0.2, -0.15) is 0 Å². The van der Waals surface area contributed by atoms with Crippen LogP contribution in [0.4, 0.5) is 5.69 Å². The number of hydrogen-bond donors (Lipinski definition) is 1. The molecule has 1 aliphatic rings. The highest BCUT2D eigenvalue weighted by molar-refractivity contribution is 5.98. The minimum absolute atomic E-state index is 0.104. The monoisotopic (exact) mass is 381 g/mol. The molecule has 2 aromatic carbocycles. The van der Waals surface area contributed by atoms with Crippen LogP contribution >= 0.6 is 0 Å². The van der Waals surface area contributed by atoms with Crippen LogP contribution in [-0.2, 0) is 13.1 Å². The number of amides is 1. The third-order valence-electron chi connectivity index (χ3n) is 5.54. The third-order valence-corrected chi connectivity index (χ3v) is 5.54. The van der Waals surface area contributed by atoms with Gasteiger partial charge in [0.15, 0.2) is 0 Å². The molecule has 0 saturated carbocycles. The van der Waals surface area contributed by atoms with Crippen molar-refractivity contribution in [3.63, 3.8) is 0 Å². The molecule has 1 unspecified atom stereocenters. The van der Waals surface area contributed by atoms with Crippen LogP contribution in [0.2, 0.25) is 0 Å². The lowest BCUT2D eigenvalue weighted by Gasteiger charge is -2.33. The Balaban J connectivity index is 1.73. The normalized spacial score (nSPS) is 17.3. The molecule has 0 aliphatic carbocycles. The summed E-state index contributed by atoms with van der Waals surface area (Å²) in [5.74, 6) is -0.420. The summed E-state index contributed by atoms with van der Waals surface area (Å²) in [7, 11) is 0. The van der Waals surface area contributed by atoms with Crippen LogP contribution in [0, 0.1) is 17.0 Å². The number of hydrogen-bond acceptors (Lipinski definition) is 4. The highest BCUT2D eigenvalue weighted by atomic mass is 16.6. The Morgan fingerprint density at radius 1 is 1.18 bits per heavy atom. The average molecular weight is 381 g/mol. The summed E-state index contributed by atoms with van der Waals surface area (Å²) in [6.07, 6.45) is 3.72. The zero-order chi connectivity index (χ0) is 20.1. The Morgan fingerprint density at radius 2 is 1.93 bits per heavy atom. The van der Waals surface area contributed by atoms with E-state index in [-0.39, 0.29) is 11.3 Å². The van der Waals surface area contributed by atoms with Crippen LogP contribution in [0.25, 0.3) is 0 Å². The van der Waals surface area contributed by atoms with Crippen LogP contribution in [0.5, 0.6) is 0 Å². The summed E-state index contributed by atoms with van der Waals surface area (Å²) in [5.41, 5.74) is 2.69. The molecule has 2 aromatic rings. The van der Waals surface area contributed by atoms with E-state index in [1.54, 1.807) is 19.1 Å². The third kappa shape index (κ3) is 4.57. The molecule has 1 amide bonds. The fraction of sp³-hybridized carbons (Fsp3) is 0.409. The first kappa shape index (κ1) is 20.0. The molecule has 1 atom stereocenters. The van der Waals surface area contributed by atoms with Gasteiger partial charge in [0.1, 0.15) is 5.56 Å². The molecule has 1 N–H and O–H groups in total. The molecule has 0 spiro atoms. The maximum Gasteiger partial charge on any atom is 0.285 e. The minimum atomic E-state index is -0.490. The maximum atomic E-state index is 12.6. The predicted octanol–water partition coefficient (Wildman–Crippen LogP) is 4.21. The smallest absolute Gasteiger partial charge is 0.285 e. The lowest BCUT2D eigenvalue weighted by atomic mass is 10.0. The fourth-order valence-electron chi connectivity index (χ4n) is 3.85. The Kier molecular flexibility index (Phi) is 6.41. The van der Waals surface area contributed by atoms with Crippen molar-refractivity contribution in [1.82, 2.24) is 10.2 Å². The van der Waals surface area contributed by atoms with Gasteiger partial charge >= 0.3 is 0 Å². The number of nitro benzene ring substituents is 1. The molecule has 1 heterocycles. The average Bonchev–Trinajstić information content (AvgIpc) is 2.68. The van der Waals surface area contributed by atoms with Crippen LogP contribution in [0.3, 0.4) is 0 Å². The number of aryl methyl sites for hydroxylation is 1. The molecule has 0 bridgehead atoms. The van der Waals surface area contributed by atoms with E-state index >= 15 is 0 Å². The van der Waals surface area contributed by atoms with E-state index < -0.39 is 10.8 Å². The van der Waals surface area contributed by atoms with Crippen molar-refractivity contribution in [1.29, 1.82) is 0 Å². The number of para-hydroxylation sites is 1. The number of likely N-dealkylation sites (tertiary alicyclic amines) is 1. The SMILES string of the molecule is Cc1cccc(C(=O)NCc2ccccc2CN2CCCCC2C)c1[N+](=O)[O-]. The van der Waals surface area contributed by atoms with Gasteiger partial charge in [-0.05, 0) is 50.4 Å². The van der Waals surface area contributed by atoms with Gasteiger partial charge in [0.25, 0.3) is 11.6 Å². The molecular weight excluding hydrogens is 354 g/mol. The lowest BCUT2D eigenvalue weighted by molar-refractivity contribution is -0.385. The molecule has 1 fully saturated rings. The fourth-order valence-corrected chi connectivity index (χ4v) is 3.85. The van der Waals surface area contributed by atoms with Crippen molar-refractivity contribution < 1.29 is 9.72 Å². The molecule has 1 aliphatic heterocycles. The van der Waals surface area contributed by atoms with Crippen LogP contribution in [-0.4, -0.2) is 28.3 Å². The molecule has 0 radical (unpaired) electrons. The first-order valence-electron chi connectivity index (χ1n) is 9.80. The topological polar surface area (TPSA) is 75.5 Å². The van der Waals surface area contributed by atoms with Gasteiger partial charge in [0, 0.05) is 24.7 Å². The Morgan fingerprint density at radius 3 is 2.64 bits per heavy atom. The number of benzene rings is 2. The number of nitro groups is 1. The number of piperidine rings is 1. The number of nitrogens with zero attached hydrogens (tertiary/aromatic N) is 2. The van der Waals surface area contributed by atoms with Crippen molar-refractivity contribution >= 4 is 11.6 Å². The largest absolute Gasteiger partial charge is 0.348 e. The van der Waals surface area contributed by atoms with Gasteiger partial charge in [-0.1, -0.05) is 42.8 Å². The number of carbonyl (C=O) groups excluding carboxylic acids is 1. The second kappa shape index (κ2) is 8.97. The molecule has 148 valence electrons. The molecule has 6 nitrogen and oxygen atoms in total. The highest BCUT2D eigenvalue weighted by Crippen LogP contribution is 2.24. The van der Waals surface area contributed by atoms with Crippen molar-refractivity contribution in [2.45, 2.75) is 52.2 Å². The standard InChI is InChI=1S/C22H27N3O3/c1-16-8-7-12-20(21(16)25(27)28)22(26)23-14-18-10-3-4-11-19(18)15-24-13-6-5-9-17(24)2/h3-4,7-8,10-12,17H,5-6,9,13-15H2,1-2H3,(H,23,26). The summed E-state index contributed by atoms with van der Waals surface area (Å²) < 4.78 is 0. The van der Waals surface area contributed by atoms with Gasteiger partial charge in [0.05, 0.1) is 4.92 Å². The van der Waals surface area contributed by atoms with Gasteiger partial charge in [0.2, 0.25) is 0 Å². The molecular formula is C22H27N3O3. The maximum absolute atomic E-state index is 12.6. The van der Waals surface area contributed by atoms with Crippen molar-refractivity contribution in [3.05, 3.63) is 74.8 Å². The minimum Gasteiger partial charge on any atom is -0.348 e. The lowest BCUT2D eigenvalue weighted by Crippen LogP contribution is -2.37. The van der Waals surface area contributed by atoms with Crippen molar-refractivity contribution in [2.24, 2.45) is 0 Å².